The van der Waals surface area contributed by atoms with Crippen LogP contribution in [-0.2, 0) is 6.54 Å². The van der Waals surface area contributed by atoms with Gasteiger partial charge in [-0.25, -0.2) is 4.98 Å². The third-order valence-electron chi connectivity index (χ3n) is 4.66. The van der Waals surface area contributed by atoms with E-state index in [2.05, 4.69) is 23.6 Å². The Morgan fingerprint density at radius 2 is 2.00 bits per heavy atom. The lowest BCUT2D eigenvalue weighted by atomic mass is 10.2. The van der Waals surface area contributed by atoms with Crippen LogP contribution in [0.1, 0.15) is 49.6 Å². The predicted octanol–water partition coefficient (Wildman–Crippen LogP) is 2.40. The highest BCUT2D eigenvalue weighted by Gasteiger charge is 2.31. The number of hydrogen-bond donors (Lipinski definition) is 1. The molecule has 2 aliphatic rings. The van der Waals surface area contributed by atoms with Crippen LogP contribution in [0.3, 0.4) is 0 Å². The number of piperazine rings is 1. The number of anilines is 1. The van der Waals surface area contributed by atoms with E-state index in [0.717, 1.165) is 26.2 Å². The van der Waals surface area contributed by atoms with Crippen LogP contribution in [0.15, 0.2) is 0 Å². The SMILES string of the molecule is CCC(C)N1CCN(c2nc(C3CC3)c(CN)s2)CC1. The number of nitrogens with zero attached hydrogens (tertiary/aromatic N) is 3. The topological polar surface area (TPSA) is 45.4 Å². The van der Waals surface area contributed by atoms with Crippen molar-refractivity contribution in [3.8, 4) is 0 Å². The van der Waals surface area contributed by atoms with E-state index in [1.165, 1.54) is 35.0 Å². The number of nitrogens with two attached hydrogens (primary N) is 1. The van der Waals surface area contributed by atoms with E-state index in [0.29, 0.717) is 18.5 Å². The number of hydrogen-bond acceptors (Lipinski definition) is 5. The predicted molar refractivity (Wildman–Crippen MR) is 85.5 cm³/mol. The van der Waals surface area contributed by atoms with Crippen LogP contribution < -0.4 is 10.6 Å². The minimum atomic E-state index is 0.649. The van der Waals surface area contributed by atoms with Crippen LogP contribution in [-0.4, -0.2) is 42.1 Å². The monoisotopic (exact) mass is 294 g/mol. The Balaban J connectivity index is 1.66. The molecule has 5 heteroatoms. The zero-order valence-corrected chi connectivity index (χ0v) is 13.5. The lowest BCUT2D eigenvalue weighted by molar-refractivity contribution is 0.193. The third kappa shape index (κ3) is 2.85. The lowest BCUT2D eigenvalue weighted by Gasteiger charge is -2.37. The second kappa shape index (κ2) is 6.00. The van der Waals surface area contributed by atoms with Crippen LogP contribution in [0.25, 0.3) is 0 Å². The summed E-state index contributed by atoms with van der Waals surface area (Å²) in [6, 6.07) is 0.704. The van der Waals surface area contributed by atoms with Gasteiger partial charge in [-0.2, -0.15) is 0 Å². The molecule has 2 N–H and O–H groups in total. The largest absolute Gasteiger partial charge is 0.346 e. The van der Waals surface area contributed by atoms with Crippen molar-refractivity contribution < 1.29 is 0 Å². The molecule has 1 aliphatic carbocycles. The van der Waals surface area contributed by atoms with Gasteiger partial charge in [0.2, 0.25) is 0 Å². The molecule has 20 heavy (non-hydrogen) atoms. The fraction of sp³-hybridized carbons (Fsp3) is 0.800. The standard InChI is InChI=1S/C15H26N4S/c1-3-11(2)18-6-8-19(9-7-18)15-17-14(12-4-5-12)13(10-16)20-15/h11-12H,3-10,16H2,1-2H3. The molecule has 0 aromatic carbocycles. The van der Waals surface area contributed by atoms with Crippen molar-refractivity contribution in [2.24, 2.45) is 5.73 Å². The smallest absolute Gasteiger partial charge is 0.185 e. The molecule has 1 saturated heterocycles. The third-order valence-corrected chi connectivity index (χ3v) is 5.82. The summed E-state index contributed by atoms with van der Waals surface area (Å²) in [6.45, 7) is 9.77. The molecule has 2 heterocycles. The minimum absolute atomic E-state index is 0.649. The van der Waals surface area contributed by atoms with Gasteiger partial charge in [-0.1, -0.05) is 6.92 Å². The highest BCUT2D eigenvalue weighted by molar-refractivity contribution is 7.15. The van der Waals surface area contributed by atoms with E-state index < -0.39 is 0 Å². The van der Waals surface area contributed by atoms with Crippen LogP contribution in [0.2, 0.25) is 0 Å². The Kier molecular flexibility index (Phi) is 4.29. The second-order valence-corrected chi connectivity index (χ2v) is 7.13. The number of thiazole rings is 1. The molecular weight excluding hydrogens is 268 g/mol. The van der Waals surface area contributed by atoms with Gasteiger partial charge in [-0.05, 0) is 26.2 Å². The Hall–Kier alpha value is -0.650. The number of aromatic nitrogens is 1. The molecule has 0 bridgehead atoms. The van der Waals surface area contributed by atoms with Crippen molar-refractivity contribution in [1.29, 1.82) is 0 Å². The van der Waals surface area contributed by atoms with Gasteiger partial charge in [0, 0.05) is 49.6 Å². The van der Waals surface area contributed by atoms with Gasteiger partial charge in [0.05, 0.1) is 5.69 Å². The molecule has 1 unspecified atom stereocenters. The van der Waals surface area contributed by atoms with E-state index in [1.54, 1.807) is 0 Å². The molecule has 2 fully saturated rings. The maximum atomic E-state index is 5.88. The summed E-state index contributed by atoms with van der Waals surface area (Å²) in [7, 11) is 0. The zero-order valence-electron chi connectivity index (χ0n) is 12.6. The molecule has 0 radical (unpaired) electrons. The van der Waals surface area contributed by atoms with E-state index in [9.17, 15) is 0 Å². The summed E-state index contributed by atoms with van der Waals surface area (Å²) in [5.41, 5.74) is 7.19. The van der Waals surface area contributed by atoms with Crippen molar-refractivity contribution in [1.82, 2.24) is 9.88 Å². The molecular formula is C15H26N4S. The molecule has 4 nitrogen and oxygen atoms in total. The van der Waals surface area contributed by atoms with Gasteiger partial charge < -0.3 is 10.6 Å². The van der Waals surface area contributed by atoms with Crippen LogP contribution in [0.5, 0.6) is 0 Å². The van der Waals surface area contributed by atoms with Gasteiger partial charge in [-0.15, -0.1) is 11.3 Å². The zero-order chi connectivity index (χ0) is 14.1. The number of rotatable bonds is 5. The van der Waals surface area contributed by atoms with Crippen molar-refractivity contribution in [3.63, 3.8) is 0 Å². The summed E-state index contributed by atoms with van der Waals surface area (Å²) in [5, 5.41) is 1.20. The Morgan fingerprint density at radius 3 is 2.55 bits per heavy atom. The van der Waals surface area contributed by atoms with Gasteiger partial charge in [0.15, 0.2) is 5.13 Å². The molecule has 1 atom stereocenters. The van der Waals surface area contributed by atoms with E-state index >= 15 is 0 Å². The molecule has 1 aromatic rings. The molecule has 1 aromatic heterocycles. The van der Waals surface area contributed by atoms with Crippen LogP contribution in [0, 0.1) is 0 Å². The average Bonchev–Trinajstić information content (AvgIpc) is 3.25. The molecule has 3 rings (SSSR count). The van der Waals surface area contributed by atoms with Crippen molar-refractivity contribution in [2.45, 2.75) is 51.6 Å². The van der Waals surface area contributed by atoms with Gasteiger partial charge in [0.1, 0.15) is 0 Å². The summed E-state index contributed by atoms with van der Waals surface area (Å²) >= 11 is 1.82. The first-order chi connectivity index (χ1) is 9.72. The maximum Gasteiger partial charge on any atom is 0.185 e. The van der Waals surface area contributed by atoms with Crippen LogP contribution in [0.4, 0.5) is 5.13 Å². The molecule has 0 amide bonds. The molecule has 112 valence electrons. The summed E-state index contributed by atoms with van der Waals surface area (Å²) < 4.78 is 0. The van der Waals surface area contributed by atoms with Crippen molar-refractivity contribution in [2.75, 3.05) is 31.1 Å². The van der Waals surface area contributed by atoms with Crippen molar-refractivity contribution in [3.05, 3.63) is 10.6 Å². The van der Waals surface area contributed by atoms with Crippen molar-refractivity contribution >= 4 is 16.5 Å². The Morgan fingerprint density at radius 1 is 1.30 bits per heavy atom. The Bertz CT molecular complexity index is 447. The average molecular weight is 294 g/mol. The van der Waals surface area contributed by atoms with E-state index in [-0.39, 0.29) is 0 Å². The second-order valence-electron chi connectivity index (χ2n) is 6.06. The van der Waals surface area contributed by atoms with E-state index in [1.807, 2.05) is 11.3 Å². The van der Waals surface area contributed by atoms with E-state index in [4.69, 9.17) is 10.7 Å². The summed E-state index contributed by atoms with van der Waals surface area (Å²) in [6.07, 6.45) is 3.84. The van der Waals surface area contributed by atoms with Gasteiger partial charge in [0.25, 0.3) is 0 Å². The highest BCUT2D eigenvalue weighted by atomic mass is 32.1. The highest BCUT2D eigenvalue weighted by Crippen LogP contribution is 2.44. The molecule has 1 aliphatic heterocycles. The lowest BCUT2D eigenvalue weighted by Crippen LogP contribution is -2.49. The van der Waals surface area contributed by atoms with Crippen LogP contribution >= 0.6 is 11.3 Å². The summed E-state index contributed by atoms with van der Waals surface area (Å²) in [5.74, 6) is 0.708. The maximum absolute atomic E-state index is 5.88. The first-order valence-corrected chi connectivity index (χ1v) is 8.73. The molecule has 1 saturated carbocycles. The fourth-order valence-electron chi connectivity index (χ4n) is 2.92. The molecule has 0 spiro atoms. The first-order valence-electron chi connectivity index (χ1n) is 7.91. The fourth-order valence-corrected chi connectivity index (χ4v) is 4.00. The van der Waals surface area contributed by atoms with Gasteiger partial charge in [-0.3, -0.25) is 4.90 Å². The Labute approximate surface area is 126 Å². The van der Waals surface area contributed by atoms with Gasteiger partial charge >= 0.3 is 0 Å². The summed E-state index contributed by atoms with van der Waals surface area (Å²) in [4.78, 5) is 11.3. The quantitative estimate of drug-likeness (QED) is 0.906. The minimum Gasteiger partial charge on any atom is -0.346 e. The normalized spacial score (nSPS) is 22.2. The first kappa shape index (κ1) is 14.3.